The summed E-state index contributed by atoms with van der Waals surface area (Å²) >= 11 is 0. The van der Waals surface area contributed by atoms with Crippen LogP contribution in [0.5, 0.6) is 0 Å². The van der Waals surface area contributed by atoms with Gasteiger partial charge < -0.3 is 5.73 Å². The van der Waals surface area contributed by atoms with Crippen LogP contribution < -0.4 is 5.73 Å². The Labute approximate surface area is 150 Å². The molecule has 0 unspecified atom stereocenters. The Kier molecular flexibility index (Phi) is 4.20. The molecule has 0 radical (unpaired) electrons. The number of nitrogens with zero attached hydrogens (tertiary/aromatic N) is 4. The molecule has 0 fully saturated rings. The first-order valence-electron chi connectivity index (χ1n) is 8.17. The quantitative estimate of drug-likeness (QED) is 0.644. The van der Waals surface area contributed by atoms with E-state index in [0.29, 0.717) is 12.0 Å². The average molecular weight is 345 g/mol. The monoisotopic (exact) mass is 345 g/mol. The molecule has 0 aliphatic heterocycles. The van der Waals surface area contributed by atoms with Gasteiger partial charge in [0, 0.05) is 18.1 Å². The largest absolute Gasteiger partial charge is 0.399 e. The van der Waals surface area contributed by atoms with Crippen LogP contribution in [0.15, 0.2) is 47.2 Å². The van der Waals surface area contributed by atoms with Gasteiger partial charge in [-0.25, -0.2) is 0 Å². The Bertz CT molecular complexity index is 957. The first kappa shape index (κ1) is 17.2. The number of nitro benzene ring substituents is 1. The molecule has 2 N–H and O–H groups in total. The molecule has 0 heterocycles. The van der Waals surface area contributed by atoms with Gasteiger partial charge in [0.25, 0.3) is 5.69 Å². The molecule has 0 saturated carbocycles. The molecule has 0 aromatic heterocycles. The van der Waals surface area contributed by atoms with E-state index in [1.165, 1.54) is 12.1 Å². The zero-order chi connectivity index (χ0) is 18.9. The van der Waals surface area contributed by atoms with Crippen LogP contribution in [0.4, 0.5) is 5.69 Å². The van der Waals surface area contributed by atoms with Crippen LogP contribution in [0.3, 0.4) is 0 Å². The normalized spacial score (nSPS) is 23.7. The van der Waals surface area contributed by atoms with Crippen molar-refractivity contribution in [3.8, 4) is 18.2 Å². The summed E-state index contributed by atoms with van der Waals surface area (Å²) in [5.41, 5.74) is 5.70. The summed E-state index contributed by atoms with van der Waals surface area (Å²) in [6.07, 6.45) is 4.26. The van der Waals surface area contributed by atoms with Crippen LogP contribution in [0.2, 0.25) is 0 Å². The molecule has 0 spiro atoms. The molecule has 2 aliphatic rings. The predicted molar refractivity (Wildman–Crippen MR) is 91.7 cm³/mol. The number of rotatable bonds is 2. The van der Waals surface area contributed by atoms with Crippen LogP contribution >= 0.6 is 0 Å². The van der Waals surface area contributed by atoms with Gasteiger partial charge in [0.15, 0.2) is 5.41 Å². The molecule has 3 rings (SSSR count). The van der Waals surface area contributed by atoms with Crippen LogP contribution in [0, 0.1) is 55.4 Å². The van der Waals surface area contributed by atoms with E-state index in [4.69, 9.17) is 5.73 Å². The number of nitriles is 3. The SMILES string of the molecule is N#CC1=C(N)C(C#N)(C#N)[C@@H](c2cccc([N+](=O)[O-])c2)[C@@H]2CCCC=C12. The second-order valence-corrected chi connectivity index (χ2v) is 6.46. The van der Waals surface area contributed by atoms with Crippen molar-refractivity contribution >= 4 is 5.69 Å². The van der Waals surface area contributed by atoms with Gasteiger partial charge >= 0.3 is 0 Å². The minimum atomic E-state index is -1.74. The molecule has 7 nitrogen and oxygen atoms in total. The fourth-order valence-electron chi connectivity index (χ4n) is 4.08. The van der Waals surface area contributed by atoms with E-state index in [1.54, 1.807) is 12.1 Å². The molecular weight excluding hydrogens is 330 g/mol. The summed E-state index contributed by atoms with van der Waals surface area (Å²) in [5.74, 6) is -0.923. The third-order valence-corrected chi connectivity index (χ3v) is 5.24. The van der Waals surface area contributed by atoms with E-state index in [-0.39, 0.29) is 22.9 Å². The van der Waals surface area contributed by atoms with E-state index in [0.717, 1.165) is 18.4 Å². The lowest BCUT2D eigenvalue weighted by Gasteiger charge is -2.43. The Hall–Kier alpha value is -3.63. The van der Waals surface area contributed by atoms with Crippen molar-refractivity contribution in [1.29, 1.82) is 15.8 Å². The summed E-state index contributed by atoms with van der Waals surface area (Å²) in [6, 6.07) is 12.1. The summed E-state index contributed by atoms with van der Waals surface area (Å²) < 4.78 is 0. The maximum Gasteiger partial charge on any atom is 0.269 e. The Morgan fingerprint density at radius 2 is 2.00 bits per heavy atom. The topological polar surface area (TPSA) is 141 Å². The molecule has 7 heteroatoms. The number of allylic oxidation sites excluding steroid dienone is 4. The van der Waals surface area contributed by atoms with Crippen LogP contribution in [0.25, 0.3) is 0 Å². The van der Waals surface area contributed by atoms with E-state index in [9.17, 15) is 25.9 Å². The van der Waals surface area contributed by atoms with Crippen LogP contribution in [-0.2, 0) is 0 Å². The lowest BCUT2D eigenvalue weighted by molar-refractivity contribution is -0.384. The number of nitro groups is 1. The van der Waals surface area contributed by atoms with Crippen molar-refractivity contribution in [3.05, 3.63) is 62.9 Å². The van der Waals surface area contributed by atoms with Crippen molar-refractivity contribution in [3.63, 3.8) is 0 Å². The highest BCUT2D eigenvalue weighted by Gasteiger charge is 2.53. The highest BCUT2D eigenvalue weighted by atomic mass is 16.6. The predicted octanol–water partition coefficient (Wildman–Crippen LogP) is 3.19. The Morgan fingerprint density at radius 3 is 2.62 bits per heavy atom. The van der Waals surface area contributed by atoms with E-state index in [1.807, 2.05) is 18.2 Å². The van der Waals surface area contributed by atoms with E-state index in [2.05, 4.69) is 6.07 Å². The maximum atomic E-state index is 11.2. The molecule has 1 aromatic carbocycles. The third-order valence-electron chi connectivity index (χ3n) is 5.24. The summed E-state index contributed by atoms with van der Waals surface area (Å²) in [5, 5.41) is 40.5. The standard InChI is InChI=1S/C19H15N5O2/c20-9-16-14-6-1-2-7-15(14)17(19(10-21,11-22)18(16)23)12-4-3-5-13(8-12)24(25)26/h3-6,8,15,17H,1-2,7,23H2/t15-,17+/m1/s1. The minimum Gasteiger partial charge on any atom is -0.399 e. The van der Waals surface area contributed by atoms with Crippen LogP contribution in [0.1, 0.15) is 30.7 Å². The third kappa shape index (κ3) is 2.32. The molecular formula is C19H15N5O2. The van der Waals surface area contributed by atoms with Crippen molar-refractivity contribution in [2.45, 2.75) is 25.2 Å². The number of hydrogen-bond acceptors (Lipinski definition) is 6. The number of non-ortho nitro benzene ring substituents is 1. The number of benzene rings is 1. The molecule has 0 amide bonds. The summed E-state index contributed by atoms with van der Waals surface area (Å²) in [4.78, 5) is 10.7. The second kappa shape index (κ2) is 6.35. The fraction of sp³-hybridized carbons (Fsp3) is 0.316. The lowest BCUT2D eigenvalue weighted by Crippen LogP contribution is -2.42. The summed E-state index contributed by atoms with van der Waals surface area (Å²) in [7, 11) is 0. The molecule has 2 atom stereocenters. The lowest BCUT2D eigenvalue weighted by atomic mass is 9.57. The minimum absolute atomic E-state index is 0.0640. The van der Waals surface area contributed by atoms with Crippen LogP contribution in [-0.4, -0.2) is 4.92 Å². The zero-order valence-electron chi connectivity index (χ0n) is 13.8. The molecule has 1 aromatic rings. The van der Waals surface area contributed by atoms with Gasteiger partial charge in [0.05, 0.1) is 28.3 Å². The first-order chi connectivity index (χ1) is 12.5. The molecule has 128 valence electrons. The van der Waals surface area contributed by atoms with Gasteiger partial charge in [0.2, 0.25) is 0 Å². The van der Waals surface area contributed by atoms with Crippen molar-refractivity contribution in [1.82, 2.24) is 0 Å². The highest BCUT2D eigenvalue weighted by molar-refractivity contribution is 5.59. The Balaban J connectivity index is 2.32. The first-order valence-corrected chi connectivity index (χ1v) is 8.17. The maximum absolute atomic E-state index is 11.2. The molecule has 26 heavy (non-hydrogen) atoms. The molecule has 0 saturated heterocycles. The van der Waals surface area contributed by atoms with Gasteiger partial charge in [0.1, 0.15) is 6.07 Å². The number of hydrogen-bond donors (Lipinski definition) is 1. The second-order valence-electron chi connectivity index (χ2n) is 6.46. The van der Waals surface area contributed by atoms with E-state index >= 15 is 0 Å². The number of nitrogens with two attached hydrogens (primary N) is 1. The van der Waals surface area contributed by atoms with Gasteiger partial charge in [-0.2, -0.15) is 15.8 Å². The van der Waals surface area contributed by atoms with Gasteiger partial charge in [-0.1, -0.05) is 18.2 Å². The fourth-order valence-corrected chi connectivity index (χ4v) is 4.08. The smallest absolute Gasteiger partial charge is 0.269 e. The van der Waals surface area contributed by atoms with Crippen molar-refractivity contribution in [2.75, 3.05) is 0 Å². The van der Waals surface area contributed by atoms with E-state index < -0.39 is 16.3 Å². The van der Waals surface area contributed by atoms with Gasteiger partial charge in [-0.15, -0.1) is 0 Å². The highest BCUT2D eigenvalue weighted by Crippen LogP contribution is 2.55. The molecule has 0 bridgehead atoms. The van der Waals surface area contributed by atoms with Gasteiger partial charge in [-0.3, -0.25) is 10.1 Å². The zero-order valence-corrected chi connectivity index (χ0v) is 13.8. The summed E-state index contributed by atoms with van der Waals surface area (Å²) in [6.45, 7) is 0. The van der Waals surface area contributed by atoms with Gasteiger partial charge in [-0.05, 0) is 36.3 Å². The number of fused-ring (bicyclic) bond motifs is 1. The molecule has 2 aliphatic carbocycles. The average Bonchev–Trinajstić information content (AvgIpc) is 2.67. The van der Waals surface area contributed by atoms with Crippen molar-refractivity contribution < 1.29 is 4.92 Å². The Morgan fingerprint density at radius 1 is 1.27 bits per heavy atom. The van der Waals surface area contributed by atoms with Crippen molar-refractivity contribution in [2.24, 2.45) is 17.1 Å².